The molecule has 0 fully saturated rings. The first-order chi connectivity index (χ1) is 17.1. The summed E-state index contributed by atoms with van der Waals surface area (Å²) in [5, 5.41) is 22.8. The zero-order chi connectivity index (χ0) is 25.6. The number of aliphatic hydroxyl groups excluding tert-OH is 2. The molecule has 0 radical (unpaired) electrons. The normalized spacial score (nSPS) is 12.9. The Balaban J connectivity index is 0.0000122. The van der Waals surface area contributed by atoms with E-state index in [0.29, 0.717) is 12.8 Å². The van der Waals surface area contributed by atoms with Gasteiger partial charge >= 0.3 is 0 Å². The van der Waals surface area contributed by atoms with E-state index in [-0.39, 0.29) is 29.5 Å². The van der Waals surface area contributed by atoms with Crippen molar-refractivity contribution in [1.82, 2.24) is 5.32 Å². The summed E-state index contributed by atoms with van der Waals surface area (Å²) in [6, 6.07) is 3.39. The van der Waals surface area contributed by atoms with E-state index in [2.05, 4.69) is 36.1 Å². The lowest BCUT2D eigenvalue weighted by Gasteiger charge is -2.19. The van der Waals surface area contributed by atoms with Crippen molar-refractivity contribution in [2.75, 3.05) is 6.61 Å². The highest BCUT2D eigenvalue weighted by Gasteiger charge is 2.18. The fraction of sp³-hybridized carbons (Fsp3) is 0.733. The van der Waals surface area contributed by atoms with Gasteiger partial charge in [0.05, 0.1) is 18.8 Å². The second kappa shape index (κ2) is 24.1. The average molecular weight is 570 g/mol. The number of carbonyl (C=O) groups is 1. The van der Waals surface area contributed by atoms with E-state index in [1.165, 1.54) is 64.2 Å². The molecule has 0 aliphatic carbocycles. The fourth-order valence-corrected chi connectivity index (χ4v) is 4.28. The second-order valence-corrected chi connectivity index (χ2v) is 9.90. The molecular weight excluding hydrogens is 516 g/mol. The quantitative estimate of drug-likeness (QED) is 0.114. The SMILES string of the molecule is CCCCCCCCCCCCC/C=C/[C@@H](O)[C@H](CO)NC(=O)CCc1ccc[n+](CCCC)c1.[Br-]. The number of hydrogen-bond donors (Lipinski definition) is 3. The maximum atomic E-state index is 12.4. The third kappa shape index (κ3) is 18.1. The van der Waals surface area contributed by atoms with Gasteiger partial charge in [0.2, 0.25) is 5.91 Å². The lowest BCUT2D eigenvalue weighted by atomic mass is 10.0. The van der Waals surface area contributed by atoms with Gasteiger partial charge < -0.3 is 32.5 Å². The monoisotopic (exact) mass is 568 g/mol. The van der Waals surface area contributed by atoms with Crippen molar-refractivity contribution < 1.29 is 36.6 Å². The number of pyridine rings is 1. The van der Waals surface area contributed by atoms with Crippen LogP contribution in [0.5, 0.6) is 0 Å². The van der Waals surface area contributed by atoms with Crippen molar-refractivity contribution >= 4 is 5.91 Å². The van der Waals surface area contributed by atoms with Gasteiger partial charge in [-0.1, -0.05) is 96.6 Å². The molecule has 1 rings (SSSR count). The number of unbranched alkanes of at least 4 members (excludes halogenated alkanes) is 12. The van der Waals surface area contributed by atoms with Crippen LogP contribution in [0, 0.1) is 0 Å². The Labute approximate surface area is 231 Å². The van der Waals surface area contributed by atoms with Gasteiger partial charge in [0.25, 0.3) is 0 Å². The zero-order valence-electron chi connectivity index (χ0n) is 23.0. The predicted molar refractivity (Wildman–Crippen MR) is 145 cm³/mol. The summed E-state index contributed by atoms with van der Waals surface area (Å²) in [7, 11) is 0. The number of aromatic nitrogens is 1. The molecule has 1 aromatic rings. The summed E-state index contributed by atoms with van der Waals surface area (Å²) in [6.07, 6.45) is 25.7. The predicted octanol–water partition coefficient (Wildman–Crippen LogP) is 2.81. The summed E-state index contributed by atoms with van der Waals surface area (Å²) in [5.74, 6) is -0.147. The van der Waals surface area contributed by atoms with Gasteiger partial charge in [0.15, 0.2) is 12.4 Å². The summed E-state index contributed by atoms with van der Waals surface area (Å²) in [4.78, 5) is 12.4. The van der Waals surface area contributed by atoms with Crippen LogP contribution in [0.3, 0.4) is 0 Å². The van der Waals surface area contributed by atoms with Crippen LogP contribution in [0.1, 0.15) is 116 Å². The first-order valence-corrected chi connectivity index (χ1v) is 14.3. The molecular formula is C30H53BrN2O3. The van der Waals surface area contributed by atoms with E-state index in [9.17, 15) is 15.0 Å². The van der Waals surface area contributed by atoms with Gasteiger partial charge in [-0.25, -0.2) is 4.57 Å². The number of rotatable bonds is 22. The van der Waals surface area contributed by atoms with E-state index in [4.69, 9.17) is 0 Å². The van der Waals surface area contributed by atoms with Crippen LogP contribution in [0.25, 0.3) is 0 Å². The molecule has 0 aromatic carbocycles. The molecule has 0 aliphatic rings. The molecule has 0 aliphatic heterocycles. The van der Waals surface area contributed by atoms with E-state index in [0.717, 1.165) is 37.8 Å². The molecule has 208 valence electrons. The number of hydrogen-bond acceptors (Lipinski definition) is 3. The van der Waals surface area contributed by atoms with Crippen molar-refractivity contribution in [1.29, 1.82) is 0 Å². The van der Waals surface area contributed by atoms with Crippen molar-refractivity contribution in [3.63, 3.8) is 0 Å². The van der Waals surface area contributed by atoms with E-state index >= 15 is 0 Å². The van der Waals surface area contributed by atoms with Crippen molar-refractivity contribution in [3.8, 4) is 0 Å². The number of amides is 1. The molecule has 0 saturated carbocycles. The van der Waals surface area contributed by atoms with Crippen LogP contribution in [-0.2, 0) is 17.8 Å². The van der Waals surface area contributed by atoms with Crippen LogP contribution in [-0.4, -0.2) is 34.9 Å². The zero-order valence-corrected chi connectivity index (χ0v) is 24.6. The summed E-state index contributed by atoms with van der Waals surface area (Å²) >= 11 is 0. The maximum Gasteiger partial charge on any atom is 0.220 e. The number of nitrogens with one attached hydrogen (secondary N) is 1. The highest BCUT2D eigenvalue weighted by atomic mass is 79.9. The number of carbonyl (C=O) groups excluding carboxylic acids is 1. The number of allylic oxidation sites excluding steroid dienone is 1. The molecule has 1 amide bonds. The van der Waals surface area contributed by atoms with E-state index in [1.807, 2.05) is 18.2 Å². The van der Waals surface area contributed by atoms with E-state index < -0.39 is 12.1 Å². The van der Waals surface area contributed by atoms with Gasteiger partial charge in [0.1, 0.15) is 6.54 Å². The molecule has 6 heteroatoms. The molecule has 5 nitrogen and oxygen atoms in total. The number of nitrogens with zero attached hydrogens (tertiary/aromatic N) is 1. The van der Waals surface area contributed by atoms with Crippen LogP contribution in [0.4, 0.5) is 0 Å². The molecule has 1 aromatic heterocycles. The van der Waals surface area contributed by atoms with Crippen LogP contribution in [0.15, 0.2) is 36.7 Å². The minimum absolute atomic E-state index is 0. The van der Waals surface area contributed by atoms with Crippen molar-refractivity contribution in [2.24, 2.45) is 0 Å². The molecule has 0 bridgehead atoms. The molecule has 1 heterocycles. The third-order valence-electron chi connectivity index (χ3n) is 6.59. The smallest absolute Gasteiger partial charge is 0.220 e. The lowest BCUT2D eigenvalue weighted by Crippen LogP contribution is -3.00. The van der Waals surface area contributed by atoms with E-state index in [1.54, 1.807) is 6.08 Å². The summed E-state index contributed by atoms with van der Waals surface area (Å²) in [6.45, 7) is 5.14. The molecule has 0 spiro atoms. The lowest BCUT2D eigenvalue weighted by molar-refractivity contribution is -0.697. The molecule has 2 atom stereocenters. The number of halogens is 1. The Hall–Kier alpha value is -1.24. The highest BCUT2D eigenvalue weighted by molar-refractivity contribution is 5.76. The Morgan fingerprint density at radius 3 is 2.19 bits per heavy atom. The average Bonchev–Trinajstić information content (AvgIpc) is 2.87. The topological polar surface area (TPSA) is 73.4 Å². The standard InChI is InChI=1S/C30H52N2O3.BrH/c1-3-5-7-8-9-10-11-12-13-14-15-16-17-20-29(34)28(26-33)31-30(35)22-21-27-19-18-24-32(25-27)23-6-4-2;/h17-20,24-25,28-29,33-34H,3-16,21-23,26H2,1-2H3;1H/b20-17+;/t28-,29+;/m0./s1. The largest absolute Gasteiger partial charge is 1.00 e. The van der Waals surface area contributed by atoms with Gasteiger partial charge in [-0.3, -0.25) is 4.79 Å². The van der Waals surface area contributed by atoms with Gasteiger partial charge in [0, 0.05) is 24.5 Å². The van der Waals surface area contributed by atoms with Gasteiger partial charge in [-0.15, -0.1) is 0 Å². The Bertz CT molecular complexity index is 684. The molecule has 0 unspecified atom stereocenters. The summed E-state index contributed by atoms with van der Waals surface area (Å²) in [5.41, 5.74) is 1.12. The third-order valence-corrected chi connectivity index (χ3v) is 6.59. The van der Waals surface area contributed by atoms with Crippen LogP contribution < -0.4 is 26.9 Å². The Morgan fingerprint density at radius 2 is 1.58 bits per heavy atom. The van der Waals surface area contributed by atoms with Crippen molar-refractivity contribution in [2.45, 2.75) is 135 Å². The van der Waals surface area contributed by atoms with Crippen LogP contribution >= 0.6 is 0 Å². The minimum Gasteiger partial charge on any atom is -1.00 e. The molecule has 3 N–H and O–H groups in total. The molecule has 36 heavy (non-hydrogen) atoms. The first kappa shape index (κ1) is 34.8. The Morgan fingerprint density at radius 1 is 0.972 bits per heavy atom. The maximum absolute atomic E-state index is 12.4. The molecule has 0 saturated heterocycles. The van der Waals surface area contributed by atoms with Crippen molar-refractivity contribution in [3.05, 3.63) is 42.2 Å². The summed E-state index contributed by atoms with van der Waals surface area (Å²) < 4.78 is 2.16. The number of aryl methyl sites for hydroxylation is 2. The highest BCUT2D eigenvalue weighted by Crippen LogP contribution is 2.12. The van der Waals surface area contributed by atoms with Gasteiger partial charge in [-0.05, 0) is 25.3 Å². The fourth-order valence-electron chi connectivity index (χ4n) is 4.28. The minimum atomic E-state index is -0.871. The number of aliphatic hydroxyl groups is 2. The van der Waals surface area contributed by atoms with Crippen LogP contribution in [0.2, 0.25) is 0 Å². The first-order valence-electron chi connectivity index (χ1n) is 14.3. The Kier molecular flexibility index (Phi) is 23.3. The van der Waals surface area contributed by atoms with Gasteiger partial charge in [-0.2, -0.15) is 0 Å². The second-order valence-electron chi connectivity index (χ2n) is 9.90.